The molecule has 6 nitrogen and oxygen atoms in total. The first-order chi connectivity index (χ1) is 14.1. The smallest absolute Gasteiger partial charge is 0.471 e. The van der Waals surface area contributed by atoms with Gasteiger partial charge in [-0.3, -0.25) is 0 Å². The van der Waals surface area contributed by atoms with Crippen molar-refractivity contribution in [1.82, 2.24) is 10.1 Å². The van der Waals surface area contributed by atoms with E-state index in [2.05, 4.69) is 19.0 Å². The number of benzene rings is 2. The van der Waals surface area contributed by atoms with Crippen molar-refractivity contribution in [2.24, 2.45) is 4.36 Å². The Bertz CT molecular complexity index is 1110. The fraction of sp³-hybridized carbons (Fsp3) is 0.300. The molecule has 3 aromatic rings. The molecule has 10 heteroatoms. The van der Waals surface area contributed by atoms with Gasteiger partial charge in [0.2, 0.25) is 5.82 Å². The lowest BCUT2D eigenvalue weighted by Crippen LogP contribution is -2.14. The average Bonchev–Trinajstić information content (AvgIpc) is 3.23. The minimum absolute atomic E-state index is 0.157. The van der Waals surface area contributed by atoms with Crippen LogP contribution < -0.4 is 4.74 Å². The molecule has 3 rings (SSSR count). The van der Waals surface area contributed by atoms with Gasteiger partial charge in [0.05, 0.1) is 23.4 Å². The maximum atomic E-state index is 13.5. The van der Waals surface area contributed by atoms with E-state index in [4.69, 9.17) is 4.74 Å². The highest BCUT2D eigenvalue weighted by Gasteiger charge is 2.38. The van der Waals surface area contributed by atoms with E-state index < -0.39 is 21.8 Å². The van der Waals surface area contributed by atoms with E-state index in [1.165, 1.54) is 0 Å². The lowest BCUT2D eigenvalue weighted by Gasteiger charge is -2.15. The number of nitrogens with zero attached hydrogens (tertiary/aromatic N) is 3. The Morgan fingerprint density at radius 2 is 1.73 bits per heavy atom. The Hall–Kier alpha value is -2.88. The lowest BCUT2D eigenvalue weighted by atomic mass is 10.1. The van der Waals surface area contributed by atoms with E-state index in [0.29, 0.717) is 16.2 Å². The first kappa shape index (κ1) is 21.8. The van der Waals surface area contributed by atoms with Gasteiger partial charge in [-0.2, -0.15) is 18.2 Å². The van der Waals surface area contributed by atoms with Crippen molar-refractivity contribution in [1.29, 1.82) is 0 Å². The van der Waals surface area contributed by atoms with Gasteiger partial charge in [0.1, 0.15) is 5.75 Å². The lowest BCUT2D eigenvalue weighted by molar-refractivity contribution is -0.159. The van der Waals surface area contributed by atoms with Crippen molar-refractivity contribution in [3.8, 4) is 17.1 Å². The quantitative estimate of drug-likeness (QED) is 0.528. The molecule has 0 saturated carbocycles. The third-order valence-corrected chi connectivity index (χ3v) is 7.09. The first-order valence-electron chi connectivity index (χ1n) is 8.99. The molecule has 0 fully saturated rings. The Balaban J connectivity index is 1.83. The molecule has 0 amide bonds. The van der Waals surface area contributed by atoms with Crippen LogP contribution in [0.2, 0.25) is 0 Å². The zero-order chi connectivity index (χ0) is 21.9. The van der Waals surface area contributed by atoms with E-state index in [9.17, 15) is 17.4 Å². The van der Waals surface area contributed by atoms with Crippen LogP contribution in [0.5, 0.6) is 5.75 Å². The summed E-state index contributed by atoms with van der Waals surface area (Å²) < 4.78 is 65.2. The fourth-order valence-corrected chi connectivity index (χ4v) is 4.51. The zero-order valence-corrected chi connectivity index (χ0v) is 17.3. The maximum Gasteiger partial charge on any atom is 0.471 e. The van der Waals surface area contributed by atoms with Crippen molar-refractivity contribution in [2.75, 3.05) is 7.11 Å². The average molecular weight is 439 g/mol. The Kier molecular flexibility index (Phi) is 6.16. The van der Waals surface area contributed by atoms with Crippen LogP contribution in [0.4, 0.5) is 13.2 Å². The molecular weight excluding hydrogens is 419 g/mol. The van der Waals surface area contributed by atoms with E-state index >= 15 is 0 Å². The number of hydrogen-bond donors (Lipinski definition) is 0. The van der Waals surface area contributed by atoms with Crippen molar-refractivity contribution >= 4 is 9.73 Å². The number of halogens is 3. The molecule has 1 aromatic heterocycles. The summed E-state index contributed by atoms with van der Waals surface area (Å²) in [4.78, 5) is 3.97. The van der Waals surface area contributed by atoms with Crippen molar-refractivity contribution in [3.63, 3.8) is 0 Å². The van der Waals surface area contributed by atoms with Gasteiger partial charge < -0.3 is 9.26 Å². The summed E-state index contributed by atoms with van der Waals surface area (Å²) in [6.45, 7) is 3.87. The molecule has 30 heavy (non-hydrogen) atoms. The van der Waals surface area contributed by atoms with Gasteiger partial charge in [-0.05, 0) is 43.7 Å². The molecule has 160 valence electrons. The highest BCUT2D eigenvalue weighted by Crippen LogP contribution is 2.29. The van der Waals surface area contributed by atoms with Gasteiger partial charge >= 0.3 is 12.1 Å². The molecule has 1 atom stereocenters. The molecule has 0 saturated heterocycles. The van der Waals surface area contributed by atoms with E-state index in [1.54, 1.807) is 55.6 Å². The van der Waals surface area contributed by atoms with Crippen molar-refractivity contribution in [3.05, 3.63) is 60.0 Å². The van der Waals surface area contributed by atoms with Gasteiger partial charge in [-0.1, -0.05) is 29.4 Å². The van der Waals surface area contributed by atoms with Crippen LogP contribution in [0.15, 0.2) is 62.3 Å². The van der Waals surface area contributed by atoms with Gasteiger partial charge in [-0.25, -0.2) is 8.57 Å². The van der Waals surface area contributed by atoms with Gasteiger partial charge in [-0.15, -0.1) is 0 Å². The minimum Gasteiger partial charge on any atom is -0.497 e. The van der Waals surface area contributed by atoms with Crippen LogP contribution in [0.25, 0.3) is 11.4 Å². The predicted molar refractivity (Wildman–Crippen MR) is 105 cm³/mol. The van der Waals surface area contributed by atoms with Crippen LogP contribution in [-0.2, 0) is 22.5 Å². The molecule has 0 aliphatic carbocycles. The van der Waals surface area contributed by atoms with Crippen LogP contribution in [-0.4, -0.2) is 26.7 Å². The first-order valence-corrected chi connectivity index (χ1v) is 10.6. The standard InChI is InChI=1S/C20H20F3N3O3S/c1-13(2)30(27,17-10-8-16(28-3)9-11-17)24-12-14-4-6-15(7-5-14)18-25-19(29-26-18)20(21,22)23/h4-11,13H,12H2,1-3H3. The molecule has 0 N–H and O–H groups in total. The number of ether oxygens (including phenoxy) is 1. The highest BCUT2D eigenvalue weighted by molar-refractivity contribution is 7.94. The number of aromatic nitrogens is 2. The number of alkyl halides is 3. The van der Waals surface area contributed by atoms with E-state index in [1.807, 2.05) is 13.8 Å². The third-order valence-electron chi connectivity index (χ3n) is 4.36. The van der Waals surface area contributed by atoms with Crippen LogP contribution in [0, 0.1) is 0 Å². The second kappa shape index (κ2) is 8.47. The van der Waals surface area contributed by atoms with Gasteiger partial charge in [0.15, 0.2) is 0 Å². The number of hydrogen-bond acceptors (Lipinski definition) is 6. The third kappa shape index (κ3) is 4.64. The minimum atomic E-state index is -4.69. The Morgan fingerprint density at radius 1 is 1.10 bits per heavy atom. The molecule has 0 bridgehead atoms. The molecule has 1 unspecified atom stereocenters. The SMILES string of the molecule is COc1ccc(S(=O)(=NCc2ccc(-c3noc(C(F)(F)F)n3)cc2)C(C)C)cc1. The number of methoxy groups -OCH3 is 1. The predicted octanol–water partition coefficient (Wildman–Crippen LogP) is 5.20. The maximum absolute atomic E-state index is 13.5. The number of rotatable bonds is 6. The largest absolute Gasteiger partial charge is 0.497 e. The zero-order valence-electron chi connectivity index (χ0n) is 16.5. The van der Waals surface area contributed by atoms with Crippen LogP contribution in [0.1, 0.15) is 25.3 Å². The Labute approximate surface area is 172 Å². The molecule has 0 aliphatic heterocycles. The summed E-state index contributed by atoms with van der Waals surface area (Å²) in [7, 11) is -1.12. The normalized spacial score (nSPS) is 13.8. The molecule has 2 aromatic carbocycles. The molecule has 0 aliphatic rings. The van der Waals surface area contributed by atoms with Crippen molar-refractivity contribution < 1.29 is 26.6 Å². The van der Waals surface area contributed by atoms with E-state index in [-0.39, 0.29) is 17.6 Å². The molecule has 1 heterocycles. The molecular formula is C20H20F3N3O3S. The van der Waals surface area contributed by atoms with E-state index in [0.717, 1.165) is 5.56 Å². The van der Waals surface area contributed by atoms with Crippen LogP contribution in [0.3, 0.4) is 0 Å². The monoisotopic (exact) mass is 439 g/mol. The van der Waals surface area contributed by atoms with Crippen molar-refractivity contribution in [2.45, 2.75) is 36.7 Å². The summed E-state index contributed by atoms with van der Waals surface area (Å²) in [6, 6.07) is 13.4. The fourth-order valence-electron chi connectivity index (χ4n) is 2.65. The highest BCUT2D eigenvalue weighted by atomic mass is 32.2. The summed E-state index contributed by atoms with van der Waals surface area (Å²) in [6.07, 6.45) is -4.69. The second-order valence-corrected chi connectivity index (χ2v) is 9.51. The Morgan fingerprint density at radius 3 is 2.23 bits per heavy atom. The molecule has 0 radical (unpaired) electrons. The molecule has 0 spiro atoms. The van der Waals surface area contributed by atoms with Crippen LogP contribution >= 0.6 is 0 Å². The summed E-state index contributed by atoms with van der Waals surface area (Å²) in [5.74, 6) is -0.891. The topological polar surface area (TPSA) is 77.6 Å². The summed E-state index contributed by atoms with van der Waals surface area (Å²) >= 11 is 0. The summed E-state index contributed by atoms with van der Waals surface area (Å²) in [5, 5.41) is 3.14. The van der Waals surface area contributed by atoms with Gasteiger partial charge in [0.25, 0.3) is 0 Å². The van der Waals surface area contributed by atoms with Gasteiger partial charge in [0, 0.05) is 15.7 Å². The summed E-state index contributed by atoms with van der Waals surface area (Å²) in [5.41, 5.74) is 1.12. The second-order valence-electron chi connectivity index (χ2n) is 6.70.